The molecule has 8 heavy (non-hydrogen) atoms. The van der Waals surface area contributed by atoms with Crippen molar-refractivity contribution >= 4 is 5.78 Å². The first-order chi connectivity index (χ1) is 3.13. The van der Waals surface area contributed by atoms with E-state index in [1.807, 2.05) is 13.8 Å². The molecule has 53 valence electrons. The van der Waals surface area contributed by atoms with E-state index in [4.69, 9.17) is 0 Å². The largest absolute Gasteiger partial charge is 0.300 e. The minimum Gasteiger partial charge on any atom is -0.300 e. The van der Waals surface area contributed by atoms with Gasteiger partial charge in [-0.1, -0.05) is 13.8 Å². The van der Waals surface area contributed by atoms with E-state index in [0.29, 0.717) is 5.92 Å². The van der Waals surface area contributed by atoms with Gasteiger partial charge in [0.25, 0.3) is 0 Å². The van der Waals surface area contributed by atoms with Crippen LogP contribution in [0, 0.1) is 5.92 Å². The second kappa shape index (κ2) is 5.33. The van der Waals surface area contributed by atoms with Crippen molar-refractivity contribution in [2.75, 3.05) is 0 Å². The summed E-state index contributed by atoms with van der Waals surface area (Å²) < 4.78 is 0. The van der Waals surface area contributed by atoms with E-state index in [0.717, 1.165) is 6.42 Å². The first-order valence-corrected chi connectivity index (χ1v) is 2.62. The molecule has 0 aromatic carbocycles. The minimum absolute atomic E-state index is 0. The summed E-state index contributed by atoms with van der Waals surface area (Å²) in [6.45, 7) is 5.71. The van der Waals surface area contributed by atoms with E-state index in [1.54, 1.807) is 6.92 Å². The van der Waals surface area contributed by atoms with Gasteiger partial charge in [0.15, 0.2) is 0 Å². The fraction of sp³-hybridized carbons (Fsp3) is 0.833. The van der Waals surface area contributed by atoms with Crippen LogP contribution in [0.3, 0.4) is 0 Å². The second-order valence-electron chi connectivity index (χ2n) is 2.30. The van der Waals surface area contributed by atoms with Gasteiger partial charge in [-0.15, -0.1) is 0 Å². The third-order valence-corrected chi connectivity index (χ3v) is 0.696. The molecule has 0 aliphatic carbocycles. The van der Waals surface area contributed by atoms with Crippen LogP contribution in [0.4, 0.5) is 0 Å². The normalized spacial score (nSPS) is 8.50. The maximum absolute atomic E-state index is 10.3. The maximum Gasteiger partial charge on any atom is 0.130 e. The topological polar surface area (TPSA) is 17.1 Å². The predicted octanol–water partition coefficient (Wildman–Crippen LogP) is 1.62. The Balaban J connectivity index is 0. The van der Waals surface area contributed by atoms with Crippen LogP contribution in [-0.2, 0) is 21.9 Å². The smallest absolute Gasteiger partial charge is 0.130 e. The monoisotopic (exact) mass is 163 g/mol. The summed E-state index contributed by atoms with van der Waals surface area (Å²) in [6, 6.07) is 0. The Morgan fingerprint density at radius 3 is 1.88 bits per heavy atom. The third-order valence-electron chi connectivity index (χ3n) is 0.696. The molecule has 0 saturated heterocycles. The number of rotatable bonds is 2. The van der Waals surface area contributed by atoms with Crippen LogP contribution in [0.1, 0.15) is 27.2 Å². The van der Waals surface area contributed by atoms with Crippen molar-refractivity contribution in [3.63, 3.8) is 0 Å². The first kappa shape index (κ1) is 11.0. The molecule has 0 fully saturated rings. The summed E-state index contributed by atoms with van der Waals surface area (Å²) in [7, 11) is 0. The van der Waals surface area contributed by atoms with Crippen molar-refractivity contribution in [3.05, 3.63) is 0 Å². The molecule has 0 amide bonds. The van der Waals surface area contributed by atoms with Gasteiger partial charge in [0, 0.05) is 23.5 Å². The van der Waals surface area contributed by atoms with Crippen molar-refractivity contribution in [2.45, 2.75) is 27.2 Å². The summed E-state index contributed by atoms with van der Waals surface area (Å²) in [5.74, 6) is 0.813. The molecule has 0 aromatic rings. The maximum atomic E-state index is 10.3. The van der Waals surface area contributed by atoms with Gasteiger partial charge in [0.2, 0.25) is 0 Å². The van der Waals surface area contributed by atoms with Gasteiger partial charge in [-0.25, -0.2) is 0 Å². The summed E-state index contributed by atoms with van der Waals surface area (Å²) in [6.07, 6.45) is 0.722. The van der Waals surface area contributed by atoms with Crippen LogP contribution in [0.25, 0.3) is 0 Å². The molecule has 0 bridgehead atoms. The zero-order valence-electron chi connectivity index (χ0n) is 5.49. The molecular formula is C6H12CuO. The molecule has 1 nitrogen and oxygen atoms in total. The second-order valence-corrected chi connectivity index (χ2v) is 2.30. The third kappa shape index (κ3) is 9.50. The van der Waals surface area contributed by atoms with Crippen LogP contribution in [0.2, 0.25) is 0 Å². The zero-order valence-corrected chi connectivity index (χ0v) is 6.44. The standard InChI is InChI=1S/C6H12O.Cu/c1-5(2)4-6(3)7;/h5H,4H2,1-3H3;. The number of carbonyl (C=O) groups is 1. The van der Waals surface area contributed by atoms with Gasteiger partial charge in [-0.3, -0.25) is 0 Å². The zero-order chi connectivity index (χ0) is 5.86. The summed E-state index contributed by atoms with van der Waals surface area (Å²) in [5.41, 5.74) is 0. The van der Waals surface area contributed by atoms with Gasteiger partial charge >= 0.3 is 0 Å². The molecule has 0 rings (SSSR count). The van der Waals surface area contributed by atoms with E-state index < -0.39 is 0 Å². The van der Waals surface area contributed by atoms with Crippen LogP contribution in [0.15, 0.2) is 0 Å². The van der Waals surface area contributed by atoms with E-state index in [-0.39, 0.29) is 22.9 Å². The van der Waals surface area contributed by atoms with Gasteiger partial charge in [0.1, 0.15) is 5.78 Å². The van der Waals surface area contributed by atoms with Gasteiger partial charge < -0.3 is 4.79 Å². The molecule has 0 N–H and O–H groups in total. The van der Waals surface area contributed by atoms with Crippen LogP contribution in [0.5, 0.6) is 0 Å². The number of hydrogen-bond acceptors (Lipinski definition) is 1. The molecule has 0 aliphatic rings. The van der Waals surface area contributed by atoms with Crippen molar-refractivity contribution in [1.29, 1.82) is 0 Å². The fourth-order valence-corrected chi connectivity index (χ4v) is 0.575. The summed E-state index contributed by atoms with van der Waals surface area (Å²) >= 11 is 0. The number of Topliss-reactive ketones (excluding diaryl/α,β-unsaturated/α-hetero) is 1. The van der Waals surface area contributed by atoms with Crippen LogP contribution >= 0.6 is 0 Å². The van der Waals surface area contributed by atoms with Crippen molar-refractivity contribution in [2.24, 2.45) is 5.92 Å². The number of ketones is 1. The molecule has 0 aliphatic heterocycles. The van der Waals surface area contributed by atoms with Crippen molar-refractivity contribution in [3.8, 4) is 0 Å². The Bertz CT molecular complexity index is 68.9. The minimum atomic E-state index is 0. The van der Waals surface area contributed by atoms with Gasteiger partial charge in [-0.05, 0) is 12.8 Å². The molecule has 0 atom stereocenters. The van der Waals surface area contributed by atoms with Gasteiger partial charge in [0.05, 0.1) is 0 Å². The first-order valence-electron chi connectivity index (χ1n) is 2.62. The quantitative estimate of drug-likeness (QED) is 0.566. The van der Waals surface area contributed by atoms with Crippen molar-refractivity contribution < 1.29 is 21.9 Å². The Hall–Kier alpha value is 0.189. The van der Waals surface area contributed by atoms with E-state index in [1.165, 1.54) is 0 Å². The molecule has 2 heteroatoms. The SMILES string of the molecule is CC(=O)CC(C)C.[Cu]. The number of carbonyl (C=O) groups excluding carboxylic acids is 1. The summed E-state index contributed by atoms with van der Waals surface area (Å²) in [5, 5.41) is 0. The van der Waals surface area contributed by atoms with Crippen LogP contribution < -0.4 is 0 Å². The molecule has 1 radical (unpaired) electrons. The van der Waals surface area contributed by atoms with Crippen LogP contribution in [-0.4, -0.2) is 5.78 Å². The molecular weight excluding hydrogens is 152 g/mol. The average Bonchev–Trinajstić information content (AvgIpc) is 1.27. The molecule has 0 saturated carbocycles. The molecule has 0 spiro atoms. The van der Waals surface area contributed by atoms with E-state index in [9.17, 15) is 4.79 Å². The Morgan fingerprint density at radius 1 is 1.50 bits per heavy atom. The molecule has 0 unspecified atom stereocenters. The summed E-state index contributed by atoms with van der Waals surface area (Å²) in [4.78, 5) is 10.3. The number of hydrogen-bond donors (Lipinski definition) is 0. The van der Waals surface area contributed by atoms with Crippen molar-refractivity contribution in [1.82, 2.24) is 0 Å². The Kier molecular flexibility index (Phi) is 7.36. The molecule has 0 aromatic heterocycles. The molecule has 0 heterocycles. The Labute approximate surface area is 61.3 Å². The predicted molar refractivity (Wildman–Crippen MR) is 30.1 cm³/mol. The van der Waals surface area contributed by atoms with Gasteiger partial charge in [-0.2, -0.15) is 0 Å². The average molecular weight is 164 g/mol. The Morgan fingerprint density at radius 2 is 1.88 bits per heavy atom. The fourth-order valence-electron chi connectivity index (χ4n) is 0.575. The van der Waals surface area contributed by atoms with E-state index >= 15 is 0 Å². The van der Waals surface area contributed by atoms with E-state index in [2.05, 4.69) is 0 Å².